The van der Waals surface area contributed by atoms with Crippen molar-refractivity contribution < 1.29 is 14.5 Å². The van der Waals surface area contributed by atoms with E-state index >= 15 is 0 Å². The minimum Gasteiger partial charge on any atom is -0.477 e. The van der Waals surface area contributed by atoms with Crippen molar-refractivity contribution in [2.24, 2.45) is 0 Å². The Bertz CT molecular complexity index is 529. The van der Waals surface area contributed by atoms with Gasteiger partial charge in [0.1, 0.15) is 0 Å². The Morgan fingerprint density at radius 2 is 2.24 bits per heavy atom. The molecular formula is C14H19N3O4. The average molecular weight is 293 g/mol. The summed E-state index contributed by atoms with van der Waals surface area (Å²) in [7, 11) is 0. The topological polar surface area (TPSA) is 93.5 Å². The van der Waals surface area contributed by atoms with Gasteiger partial charge in [0.05, 0.1) is 4.92 Å². The van der Waals surface area contributed by atoms with Crippen LogP contribution in [0.4, 0.5) is 5.69 Å². The maximum absolute atomic E-state index is 11.6. The van der Waals surface area contributed by atoms with Crippen molar-refractivity contribution in [3.8, 4) is 5.75 Å². The van der Waals surface area contributed by atoms with E-state index in [1.165, 1.54) is 6.07 Å². The van der Waals surface area contributed by atoms with Gasteiger partial charge in [0.25, 0.3) is 5.91 Å². The Morgan fingerprint density at radius 1 is 1.48 bits per heavy atom. The van der Waals surface area contributed by atoms with E-state index in [2.05, 4.69) is 10.6 Å². The molecule has 7 nitrogen and oxygen atoms in total. The van der Waals surface area contributed by atoms with Gasteiger partial charge in [-0.15, -0.1) is 0 Å². The number of hydrogen-bond acceptors (Lipinski definition) is 5. The zero-order valence-corrected chi connectivity index (χ0v) is 11.9. The fourth-order valence-electron chi connectivity index (χ4n) is 1.84. The van der Waals surface area contributed by atoms with E-state index < -0.39 is 4.92 Å². The summed E-state index contributed by atoms with van der Waals surface area (Å²) in [4.78, 5) is 22.1. The van der Waals surface area contributed by atoms with Gasteiger partial charge < -0.3 is 15.4 Å². The van der Waals surface area contributed by atoms with Crippen LogP contribution >= 0.6 is 0 Å². The molecule has 7 heteroatoms. The molecule has 1 amide bonds. The molecule has 0 unspecified atom stereocenters. The molecule has 0 heterocycles. The molecule has 2 N–H and O–H groups in total. The molecular weight excluding hydrogens is 274 g/mol. The third-order valence-electron chi connectivity index (χ3n) is 3.10. The van der Waals surface area contributed by atoms with Crippen LogP contribution in [0.2, 0.25) is 0 Å². The number of rotatable bonds is 8. The molecule has 0 atom stereocenters. The average Bonchev–Trinajstić information content (AvgIpc) is 3.26. The highest BCUT2D eigenvalue weighted by Crippen LogP contribution is 2.28. The van der Waals surface area contributed by atoms with Gasteiger partial charge in [0.2, 0.25) is 0 Å². The fraction of sp³-hybridized carbons (Fsp3) is 0.500. The standard InChI is InChI=1S/C14H19N3O4/c1-2-15-8-10-3-6-12(17(19)20)13(7-10)21-9-14(18)16-11-4-5-11/h3,6-7,11,15H,2,4-5,8-9H2,1H3,(H,16,18). The van der Waals surface area contributed by atoms with E-state index in [0.717, 1.165) is 24.9 Å². The molecule has 1 aliphatic carbocycles. The molecule has 1 aliphatic rings. The molecule has 0 saturated heterocycles. The zero-order chi connectivity index (χ0) is 15.2. The highest BCUT2D eigenvalue weighted by molar-refractivity contribution is 5.78. The second kappa shape index (κ2) is 7.03. The van der Waals surface area contributed by atoms with Gasteiger partial charge in [-0.1, -0.05) is 13.0 Å². The van der Waals surface area contributed by atoms with E-state index in [9.17, 15) is 14.9 Å². The van der Waals surface area contributed by atoms with Gasteiger partial charge in [-0.2, -0.15) is 0 Å². The predicted molar refractivity (Wildman–Crippen MR) is 77.1 cm³/mol. The number of nitro groups is 1. The second-order valence-corrected chi connectivity index (χ2v) is 4.97. The summed E-state index contributed by atoms with van der Waals surface area (Å²) in [6.07, 6.45) is 1.98. The summed E-state index contributed by atoms with van der Waals surface area (Å²) in [6, 6.07) is 4.93. The summed E-state index contributed by atoms with van der Waals surface area (Å²) < 4.78 is 5.33. The van der Waals surface area contributed by atoms with Crippen LogP contribution in [0.1, 0.15) is 25.3 Å². The van der Waals surface area contributed by atoms with Gasteiger partial charge in [0, 0.05) is 18.7 Å². The fourth-order valence-corrected chi connectivity index (χ4v) is 1.84. The van der Waals surface area contributed by atoms with Gasteiger partial charge in [0.15, 0.2) is 12.4 Å². The molecule has 0 aromatic heterocycles. The number of benzene rings is 1. The summed E-state index contributed by atoms with van der Waals surface area (Å²) in [6.45, 7) is 3.17. The Balaban J connectivity index is 2.02. The number of carbonyl (C=O) groups is 1. The van der Waals surface area contributed by atoms with Gasteiger partial charge in [-0.05, 0) is 31.0 Å². The van der Waals surface area contributed by atoms with Crippen LogP contribution < -0.4 is 15.4 Å². The second-order valence-electron chi connectivity index (χ2n) is 4.97. The van der Waals surface area contributed by atoms with Gasteiger partial charge in [-0.3, -0.25) is 14.9 Å². The number of nitrogens with one attached hydrogen (secondary N) is 2. The Labute approximate surface area is 122 Å². The van der Waals surface area contributed by atoms with Crippen LogP contribution in [0.3, 0.4) is 0 Å². The van der Waals surface area contributed by atoms with Crippen molar-refractivity contribution in [3.05, 3.63) is 33.9 Å². The minimum absolute atomic E-state index is 0.126. The summed E-state index contributed by atoms with van der Waals surface area (Å²) >= 11 is 0. The molecule has 0 radical (unpaired) electrons. The number of nitrogens with zero attached hydrogens (tertiary/aromatic N) is 1. The van der Waals surface area contributed by atoms with E-state index in [1.807, 2.05) is 6.92 Å². The lowest BCUT2D eigenvalue weighted by atomic mass is 10.2. The summed E-state index contributed by atoms with van der Waals surface area (Å²) in [5.41, 5.74) is 0.745. The number of amides is 1. The van der Waals surface area contributed by atoms with E-state index in [4.69, 9.17) is 4.74 Å². The molecule has 2 rings (SSSR count). The molecule has 21 heavy (non-hydrogen) atoms. The molecule has 1 aromatic carbocycles. The first-order valence-corrected chi connectivity index (χ1v) is 7.00. The molecule has 0 spiro atoms. The zero-order valence-electron chi connectivity index (χ0n) is 11.9. The van der Waals surface area contributed by atoms with Crippen LogP contribution in [-0.2, 0) is 11.3 Å². The van der Waals surface area contributed by atoms with Crippen LogP contribution in [0.5, 0.6) is 5.75 Å². The maximum atomic E-state index is 11.6. The lowest BCUT2D eigenvalue weighted by Crippen LogP contribution is -2.30. The molecule has 1 aromatic rings. The normalized spacial score (nSPS) is 13.8. The Morgan fingerprint density at radius 3 is 2.86 bits per heavy atom. The van der Waals surface area contributed by atoms with Crippen LogP contribution in [0, 0.1) is 10.1 Å². The van der Waals surface area contributed by atoms with Crippen molar-refractivity contribution in [3.63, 3.8) is 0 Å². The highest BCUT2D eigenvalue weighted by Gasteiger charge is 2.24. The number of carbonyl (C=O) groups excluding carboxylic acids is 1. The lowest BCUT2D eigenvalue weighted by molar-refractivity contribution is -0.385. The number of hydrogen-bond donors (Lipinski definition) is 2. The largest absolute Gasteiger partial charge is 0.477 e. The van der Waals surface area contributed by atoms with E-state index in [-0.39, 0.29) is 30.0 Å². The first-order valence-electron chi connectivity index (χ1n) is 7.00. The molecule has 1 fully saturated rings. The van der Waals surface area contributed by atoms with E-state index in [0.29, 0.717) is 6.54 Å². The van der Waals surface area contributed by atoms with Crippen molar-refractivity contribution in [1.82, 2.24) is 10.6 Å². The monoisotopic (exact) mass is 293 g/mol. The Kier molecular flexibility index (Phi) is 5.10. The SMILES string of the molecule is CCNCc1ccc([N+](=O)[O-])c(OCC(=O)NC2CC2)c1. The van der Waals surface area contributed by atoms with Crippen molar-refractivity contribution in [2.45, 2.75) is 32.4 Å². The van der Waals surface area contributed by atoms with Crippen molar-refractivity contribution in [1.29, 1.82) is 0 Å². The molecule has 114 valence electrons. The minimum atomic E-state index is -0.509. The molecule has 0 aliphatic heterocycles. The maximum Gasteiger partial charge on any atom is 0.310 e. The first-order chi connectivity index (χ1) is 10.1. The first kappa shape index (κ1) is 15.2. The van der Waals surface area contributed by atoms with Crippen LogP contribution in [0.15, 0.2) is 18.2 Å². The van der Waals surface area contributed by atoms with Crippen molar-refractivity contribution >= 4 is 11.6 Å². The number of ether oxygens (including phenoxy) is 1. The number of nitro benzene ring substituents is 1. The van der Waals surface area contributed by atoms with Crippen LogP contribution in [-0.4, -0.2) is 30.0 Å². The predicted octanol–water partition coefficient (Wildman–Crippen LogP) is 1.36. The van der Waals surface area contributed by atoms with E-state index in [1.54, 1.807) is 12.1 Å². The summed E-state index contributed by atoms with van der Waals surface area (Å²) in [5, 5.41) is 16.9. The van der Waals surface area contributed by atoms with Crippen molar-refractivity contribution in [2.75, 3.05) is 13.2 Å². The molecule has 0 bridgehead atoms. The lowest BCUT2D eigenvalue weighted by Gasteiger charge is -2.09. The van der Waals surface area contributed by atoms with Gasteiger partial charge in [-0.25, -0.2) is 0 Å². The third-order valence-corrected chi connectivity index (χ3v) is 3.10. The van der Waals surface area contributed by atoms with Gasteiger partial charge >= 0.3 is 5.69 Å². The highest BCUT2D eigenvalue weighted by atomic mass is 16.6. The smallest absolute Gasteiger partial charge is 0.310 e. The Hall–Kier alpha value is -2.15. The van der Waals surface area contributed by atoms with Crippen LogP contribution in [0.25, 0.3) is 0 Å². The molecule has 1 saturated carbocycles. The summed E-state index contributed by atoms with van der Waals surface area (Å²) in [5.74, 6) is -0.120. The quantitative estimate of drug-likeness (QED) is 0.557. The third kappa shape index (κ3) is 4.71.